The molecule has 0 aliphatic carbocycles. The average molecular weight is 309 g/mol. The van der Waals surface area contributed by atoms with Crippen molar-refractivity contribution in [2.45, 2.75) is 6.42 Å². The number of aromatic amines is 1. The predicted molar refractivity (Wildman–Crippen MR) is 74.8 cm³/mol. The summed E-state index contributed by atoms with van der Waals surface area (Å²) in [5.74, 6) is 0.479. The van der Waals surface area contributed by atoms with Gasteiger partial charge >= 0.3 is 0 Å². The molecule has 1 saturated heterocycles. The average Bonchev–Trinajstić information content (AvgIpc) is 2.93. The summed E-state index contributed by atoms with van der Waals surface area (Å²) in [6, 6.07) is 3.70. The molecule has 5 nitrogen and oxygen atoms in total. The maximum absolute atomic E-state index is 12.0. The second-order valence-electron chi connectivity index (χ2n) is 4.56. The quantitative estimate of drug-likeness (QED) is 0.657. The van der Waals surface area contributed by atoms with Crippen LogP contribution in [0.1, 0.15) is 6.42 Å². The molecule has 2 heterocycles. The van der Waals surface area contributed by atoms with Gasteiger partial charge in [-0.25, -0.2) is 4.98 Å². The van der Waals surface area contributed by atoms with Gasteiger partial charge < -0.3 is 15.6 Å². The minimum absolute atomic E-state index is 0.126. The minimum atomic E-state index is 0.126. The predicted octanol–water partition coefficient (Wildman–Crippen LogP) is 1.89. The molecule has 1 atom stereocenters. The first-order valence-corrected chi connectivity index (χ1v) is 6.90. The summed E-state index contributed by atoms with van der Waals surface area (Å²) < 4.78 is 0. The molecule has 0 saturated carbocycles. The molecule has 0 bridgehead atoms. The van der Waals surface area contributed by atoms with Gasteiger partial charge in [0.1, 0.15) is 0 Å². The van der Waals surface area contributed by atoms with Crippen LogP contribution in [0.5, 0.6) is 0 Å². The summed E-state index contributed by atoms with van der Waals surface area (Å²) >= 11 is 3.43. The molecule has 1 unspecified atom stereocenters. The third-order valence-corrected chi connectivity index (χ3v) is 4.20. The topological polar surface area (TPSA) is 75.0 Å². The number of carbonyl (C=O) groups excluding carboxylic acids is 1. The molecule has 0 spiro atoms. The highest BCUT2D eigenvalue weighted by Gasteiger charge is 2.31. The second kappa shape index (κ2) is 4.28. The number of carbonyl (C=O) groups is 1. The zero-order valence-corrected chi connectivity index (χ0v) is 11.3. The molecule has 1 fully saturated rings. The van der Waals surface area contributed by atoms with Crippen LogP contribution in [-0.2, 0) is 4.79 Å². The fraction of sp³-hybridized carbons (Fsp3) is 0.333. The zero-order chi connectivity index (χ0) is 12.7. The van der Waals surface area contributed by atoms with Gasteiger partial charge in [0.15, 0.2) is 0 Å². The monoisotopic (exact) mass is 308 g/mol. The normalized spacial score (nSPS) is 19.9. The Balaban J connectivity index is 2.03. The number of hydrogen-bond acceptors (Lipinski definition) is 3. The van der Waals surface area contributed by atoms with Crippen LogP contribution in [-0.4, -0.2) is 27.7 Å². The summed E-state index contributed by atoms with van der Waals surface area (Å²) in [5, 5.41) is 0.833. The number of alkyl halides is 1. The molecule has 2 aromatic rings. The van der Waals surface area contributed by atoms with Crippen LogP contribution in [0.25, 0.3) is 11.0 Å². The number of aromatic nitrogens is 2. The fourth-order valence-electron chi connectivity index (χ4n) is 2.34. The van der Waals surface area contributed by atoms with E-state index in [9.17, 15) is 4.79 Å². The Labute approximate surface area is 112 Å². The summed E-state index contributed by atoms with van der Waals surface area (Å²) in [4.78, 5) is 21.0. The van der Waals surface area contributed by atoms with E-state index >= 15 is 0 Å². The maximum atomic E-state index is 12.0. The molecule has 18 heavy (non-hydrogen) atoms. The summed E-state index contributed by atoms with van der Waals surface area (Å²) in [7, 11) is 0. The lowest BCUT2D eigenvalue weighted by Crippen LogP contribution is -2.25. The number of benzene rings is 1. The summed E-state index contributed by atoms with van der Waals surface area (Å²) in [6.45, 7) is 0.713. The third-order valence-electron chi connectivity index (χ3n) is 3.28. The molecule has 1 amide bonds. The van der Waals surface area contributed by atoms with E-state index in [1.165, 1.54) is 0 Å². The smallest absolute Gasteiger partial charge is 0.227 e. The van der Waals surface area contributed by atoms with Crippen molar-refractivity contribution in [3.8, 4) is 0 Å². The first kappa shape index (κ1) is 11.5. The van der Waals surface area contributed by atoms with Gasteiger partial charge in [-0.3, -0.25) is 4.79 Å². The van der Waals surface area contributed by atoms with Crippen molar-refractivity contribution in [2.24, 2.45) is 5.92 Å². The van der Waals surface area contributed by atoms with Crippen molar-refractivity contribution in [1.29, 1.82) is 0 Å². The number of H-pyrrole nitrogens is 1. The van der Waals surface area contributed by atoms with E-state index in [1.807, 2.05) is 12.1 Å². The Morgan fingerprint density at radius 1 is 1.56 bits per heavy atom. The van der Waals surface area contributed by atoms with Crippen molar-refractivity contribution in [3.05, 3.63) is 18.5 Å². The van der Waals surface area contributed by atoms with Crippen LogP contribution >= 0.6 is 15.9 Å². The maximum Gasteiger partial charge on any atom is 0.227 e. The second-order valence-corrected chi connectivity index (χ2v) is 5.21. The summed E-state index contributed by atoms with van der Waals surface area (Å²) in [6.07, 6.45) is 2.20. The summed E-state index contributed by atoms with van der Waals surface area (Å²) in [5.41, 5.74) is 9.11. The molecule has 1 aliphatic heterocycles. The highest BCUT2D eigenvalue weighted by Crippen LogP contribution is 2.32. The lowest BCUT2D eigenvalue weighted by atomic mass is 10.2. The number of nitrogens with zero attached hydrogens (tertiary/aromatic N) is 2. The van der Waals surface area contributed by atoms with Gasteiger partial charge in [0.2, 0.25) is 5.91 Å². The van der Waals surface area contributed by atoms with E-state index < -0.39 is 0 Å². The number of nitrogens with two attached hydrogens (primary N) is 1. The number of imidazole rings is 1. The molecule has 1 aliphatic rings. The molecular formula is C12H13BrN4O. The highest BCUT2D eigenvalue weighted by molar-refractivity contribution is 9.09. The van der Waals surface area contributed by atoms with Gasteiger partial charge in [-0.1, -0.05) is 15.9 Å². The molecule has 0 radical (unpaired) electrons. The van der Waals surface area contributed by atoms with Crippen LogP contribution in [0.3, 0.4) is 0 Å². The van der Waals surface area contributed by atoms with E-state index in [1.54, 1.807) is 11.2 Å². The number of rotatable bonds is 2. The Morgan fingerprint density at radius 3 is 3.11 bits per heavy atom. The lowest BCUT2D eigenvalue weighted by Gasteiger charge is -2.18. The van der Waals surface area contributed by atoms with Crippen LogP contribution < -0.4 is 10.6 Å². The van der Waals surface area contributed by atoms with Gasteiger partial charge in [0.25, 0.3) is 0 Å². The first-order valence-electron chi connectivity index (χ1n) is 5.78. The number of hydrogen-bond donors (Lipinski definition) is 2. The van der Waals surface area contributed by atoms with Crippen molar-refractivity contribution >= 4 is 44.2 Å². The molecule has 3 rings (SSSR count). The highest BCUT2D eigenvalue weighted by atomic mass is 79.9. The van der Waals surface area contributed by atoms with E-state index in [2.05, 4.69) is 25.9 Å². The number of amides is 1. The number of fused-ring (bicyclic) bond motifs is 1. The lowest BCUT2D eigenvalue weighted by molar-refractivity contribution is -0.117. The third kappa shape index (κ3) is 1.77. The Kier molecular flexibility index (Phi) is 2.74. The number of halogens is 1. The number of anilines is 2. The van der Waals surface area contributed by atoms with Crippen molar-refractivity contribution < 1.29 is 4.79 Å². The Hall–Kier alpha value is -1.56. The van der Waals surface area contributed by atoms with Crippen LogP contribution in [0, 0.1) is 5.92 Å². The minimum Gasteiger partial charge on any atom is -0.397 e. The molecular weight excluding hydrogens is 296 g/mol. The van der Waals surface area contributed by atoms with Gasteiger partial charge in [-0.05, 0) is 18.1 Å². The van der Waals surface area contributed by atoms with Crippen molar-refractivity contribution in [1.82, 2.24) is 9.97 Å². The standard InChI is InChI=1S/C12H13BrN4O/c13-4-7-1-12(18)17(5-7)11-3-10-9(2-8(11)14)15-6-16-10/h2-3,6-7H,1,4-5,14H2,(H,15,16). The van der Waals surface area contributed by atoms with Crippen LogP contribution in [0.4, 0.5) is 11.4 Å². The molecule has 1 aromatic carbocycles. The van der Waals surface area contributed by atoms with Gasteiger partial charge in [0, 0.05) is 18.3 Å². The van der Waals surface area contributed by atoms with E-state index in [0.717, 1.165) is 22.1 Å². The van der Waals surface area contributed by atoms with Gasteiger partial charge in [-0.2, -0.15) is 0 Å². The first-order chi connectivity index (χ1) is 8.69. The fourth-order valence-corrected chi connectivity index (χ4v) is 2.77. The molecule has 3 N–H and O–H groups in total. The molecule has 94 valence electrons. The van der Waals surface area contributed by atoms with Crippen molar-refractivity contribution in [2.75, 3.05) is 22.5 Å². The number of nitrogens with one attached hydrogen (secondary N) is 1. The Bertz CT molecular complexity index is 609. The molecule has 1 aromatic heterocycles. The van der Waals surface area contributed by atoms with Crippen molar-refractivity contribution in [3.63, 3.8) is 0 Å². The molecule has 6 heteroatoms. The number of nitrogen functional groups attached to an aromatic ring is 1. The Morgan fingerprint density at radius 2 is 2.39 bits per heavy atom. The van der Waals surface area contributed by atoms with Crippen LogP contribution in [0.15, 0.2) is 18.5 Å². The van der Waals surface area contributed by atoms with E-state index in [0.29, 0.717) is 24.6 Å². The van der Waals surface area contributed by atoms with E-state index in [-0.39, 0.29) is 5.91 Å². The van der Waals surface area contributed by atoms with E-state index in [4.69, 9.17) is 5.73 Å². The zero-order valence-electron chi connectivity index (χ0n) is 9.69. The van der Waals surface area contributed by atoms with Crippen LogP contribution in [0.2, 0.25) is 0 Å². The van der Waals surface area contributed by atoms with Gasteiger partial charge in [-0.15, -0.1) is 0 Å². The SMILES string of the molecule is Nc1cc2[nH]cnc2cc1N1CC(CBr)CC1=O. The largest absolute Gasteiger partial charge is 0.397 e. The van der Waals surface area contributed by atoms with Gasteiger partial charge in [0.05, 0.1) is 28.7 Å².